The van der Waals surface area contributed by atoms with E-state index in [9.17, 15) is 4.79 Å². The Morgan fingerprint density at radius 1 is 1.33 bits per heavy atom. The number of aromatic amines is 1. The lowest BCUT2D eigenvalue weighted by molar-refractivity contribution is 0.00732. The number of nitrogens with two attached hydrogens (primary N) is 1. The van der Waals surface area contributed by atoms with Gasteiger partial charge in [-0.05, 0) is 39.3 Å². The maximum Gasteiger partial charge on any atom is 0.343 e. The normalized spacial score (nSPS) is 11.8. The molecule has 1 aromatic carbocycles. The molecule has 18 heavy (non-hydrogen) atoms. The highest BCUT2D eigenvalue weighted by molar-refractivity contribution is 6.09. The fourth-order valence-electron chi connectivity index (χ4n) is 1.88. The SMILES string of the molecule is Cc1ccc2c(C(=O)OC(C)(C)C)c(N)[nH]c2c1. The molecule has 0 aliphatic carbocycles. The first-order valence-corrected chi connectivity index (χ1v) is 5.89. The van der Waals surface area contributed by atoms with E-state index in [1.165, 1.54) is 0 Å². The maximum absolute atomic E-state index is 12.1. The fourth-order valence-corrected chi connectivity index (χ4v) is 1.88. The number of carbonyl (C=O) groups excluding carboxylic acids is 1. The summed E-state index contributed by atoms with van der Waals surface area (Å²) in [6.45, 7) is 7.49. The van der Waals surface area contributed by atoms with Crippen molar-refractivity contribution in [2.24, 2.45) is 0 Å². The molecule has 2 aromatic rings. The standard InChI is InChI=1S/C14H18N2O2/c1-8-5-6-9-10(7-8)16-12(15)11(9)13(17)18-14(2,3)4/h5-7,16H,15H2,1-4H3. The number of benzene rings is 1. The molecule has 1 aromatic heterocycles. The number of hydrogen-bond acceptors (Lipinski definition) is 3. The van der Waals surface area contributed by atoms with Crippen LogP contribution >= 0.6 is 0 Å². The summed E-state index contributed by atoms with van der Waals surface area (Å²) in [7, 11) is 0. The number of rotatable bonds is 1. The average Bonchev–Trinajstić information content (AvgIpc) is 2.50. The van der Waals surface area contributed by atoms with Crippen LogP contribution in [0.15, 0.2) is 18.2 Å². The van der Waals surface area contributed by atoms with Crippen LogP contribution in [0.1, 0.15) is 36.7 Å². The molecule has 0 atom stereocenters. The summed E-state index contributed by atoms with van der Waals surface area (Å²) in [6, 6.07) is 5.79. The van der Waals surface area contributed by atoms with E-state index in [-0.39, 0.29) is 0 Å². The Bertz CT molecular complexity index is 606. The lowest BCUT2D eigenvalue weighted by Gasteiger charge is -2.19. The molecule has 0 amide bonds. The molecule has 0 aliphatic rings. The first-order valence-electron chi connectivity index (χ1n) is 5.89. The molecular formula is C14H18N2O2. The Kier molecular flexibility index (Phi) is 2.81. The monoisotopic (exact) mass is 246 g/mol. The van der Waals surface area contributed by atoms with Crippen LogP contribution in [0, 0.1) is 6.92 Å². The number of nitrogens with one attached hydrogen (secondary N) is 1. The van der Waals surface area contributed by atoms with Gasteiger partial charge in [0.15, 0.2) is 0 Å². The Balaban J connectivity index is 2.51. The van der Waals surface area contributed by atoms with E-state index < -0.39 is 11.6 Å². The molecule has 0 spiro atoms. The van der Waals surface area contributed by atoms with Gasteiger partial charge in [0, 0.05) is 10.9 Å². The van der Waals surface area contributed by atoms with Crippen LogP contribution in [0.5, 0.6) is 0 Å². The van der Waals surface area contributed by atoms with Gasteiger partial charge in [-0.1, -0.05) is 12.1 Å². The van der Waals surface area contributed by atoms with Crippen LogP contribution in [-0.4, -0.2) is 16.6 Å². The summed E-state index contributed by atoms with van der Waals surface area (Å²) < 4.78 is 5.36. The molecule has 4 nitrogen and oxygen atoms in total. The highest BCUT2D eigenvalue weighted by Gasteiger charge is 2.23. The second kappa shape index (κ2) is 4.05. The third-order valence-corrected chi connectivity index (χ3v) is 2.59. The number of ether oxygens (including phenoxy) is 1. The van der Waals surface area contributed by atoms with Gasteiger partial charge in [-0.15, -0.1) is 0 Å². The minimum atomic E-state index is -0.530. The molecule has 4 heteroatoms. The molecule has 0 saturated heterocycles. The molecule has 1 heterocycles. The van der Waals surface area contributed by atoms with Gasteiger partial charge in [0.1, 0.15) is 17.0 Å². The van der Waals surface area contributed by atoms with Gasteiger partial charge in [0.05, 0.1) is 0 Å². The van der Waals surface area contributed by atoms with E-state index in [1.807, 2.05) is 45.9 Å². The highest BCUT2D eigenvalue weighted by Crippen LogP contribution is 2.27. The van der Waals surface area contributed by atoms with Crippen molar-refractivity contribution < 1.29 is 9.53 Å². The molecule has 96 valence electrons. The molecule has 0 radical (unpaired) electrons. The topological polar surface area (TPSA) is 68.1 Å². The summed E-state index contributed by atoms with van der Waals surface area (Å²) in [5.74, 6) is -0.0417. The number of aromatic nitrogens is 1. The Morgan fingerprint density at radius 2 is 2.00 bits per heavy atom. The molecule has 0 fully saturated rings. The van der Waals surface area contributed by atoms with Crippen LogP contribution in [0.2, 0.25) is 0 Å². The van der Waals surface area contributed by atoms with Crippen molar-refractivity contribution in [2.75, 3.05) is 5.73 Å². The predicted molar refractivity (Wildman–Crippen MR) is 72.6 cm³/mol. The summed E-state index contributed by atoms with van der Waals surface area (Å²) in [5, 5.41) is 0.798. The number of aryl methyl sites for hydroxylation is 1. The Morgan fingerprint density at radius 3 is 2.61 bits per heavy atom. The van der Waals surface area contributed by atoms with Crippen LogP contribution in [0.4, 0.5) is 5.82 Å². The smallest absolute Gasteiger partial charge is 0.343 e. The molecule has 0 aliphatic heterocycles. The van der Waals surface area contributed by atoms with Gasteiger partial charge in [0.25, 0.3) is 0 Å². The quantitative estimate of drug-likeness (QED) is 0.760. The first-order chi connectivity index (χ1) is 8.28. The molecule has 0 saturated carbocycles. The number of H-pyrrole nitrogens is 1. The number of nitrogen functional groups attached to an aromatic ring is 1. The third kappa shape index (κ3) is 2.32. The van der Waals surface area contributed by atoms with Gasteiger partial charge >= 0.3 is 5.97 Å². The van der Waals surface area contributed by atoms with E-state index in [0.717, 1.165) is 16.5 Å². The van der Waals surface area contributed by atoms with Crippen molar-refractivity contribution >= 4 is 22.7 Å². The van der Waals surface area contributed by atoms with Crippen molar-refractivity contribution in [1.29, 1.82) is 0 Å². The minimum Gasteiger partial charge on any atom is -0.456 e. The van der Waals surface area contributed by atoms with Crippen LogP contribution in [0.3, 0.4) is 0 Å². The maximum atomic E-state index is 12.1. The third-order valence-electron chi connectivity index (χ3n) is 2.59. The van der Waals surface area contributed by atoms with E-state index in [1.54, 1.807) is 0 Å². The Labute approximate surface area is 106 Å². The van der Waals surface area contributed by atoms with E-state index >= 15 is 0 Å². The summed E-state index contributed by atoms with van der Waals surface area (Å²) in [6.07, 6.45) is 0. The first kappa shape index (κ1) is 12.5. The van der Waals surface area contributed by atoms with E-state index in [4.69, 9.17) is 10.5 Å². The zero-order chi connectivity index (χ0) is 13.5. The number of hydrogen-bond donors (Lipinski definition) is 2. The second-order valence-corrected chi connectivity index (χ2v) is 5.46. The van der Waals surface area contributed by atoms with Gasteiger partial charge in [-0.25, -0.2) is 4.79 Å². The van der Waals surface area contributed by atoms with Gasteiger partial charge in [0.2, 0.25) is 0 Å². The zero-order valence-corrected chi connectivity index (χ0v) is 11.1. The highest BCUT2D eigenvalue weighted by atomic mass is 16.6. The summed E-state index contributed by atoms with van der Waals surface area (Å²) >= 11 is 0. The van der Waals surface area contributed by atoms with Crippen LogP contribution < -0.4 is 5.73 Å². The number of fused-ring (bicyclic) bond motifs is 1. The van der Waals surface area contributed by atoms with Crippen molar-refractivity contribution in [1.82, 2.24) is 4.98 Å². The lowest BCUT2D eigenvalue weighted by atomic mass is 10.1. The molecule has 0 bridgehead atoms. The lowest BCUT2D eigenvalue weighted by Crippen LogP contribution is -2.24. The molecule has 0 unspecified atom stereocenters. The zero-order valence-electron chi connectivity index (χ0n) is 11.1. The molecule has 3 N–H and O–H groups in total. The molecular weight excluding hydrogens is 228 g/mol. The number of carbonyl (C=O) groups is 1. The van der Waals surface area contributed by atoms with E-state index in [2.05, 4.69) is 4.98 Å². The fraction of sp³-hybridized carbons (Fsp3) is 0.357. The Hall–Kier alpha value is -1.97. The van der Waals surface area contributed by atoms with Crippen LogP contribution in [0.25, 0.3) is 10.9 Å². The second-order valence-electron chi connectivity index (χ2n) is 5.46. The van der Waals surface area contributed by atoms with Crippen molar-refractivity contribution in [3.8, 4) is 0 Å². The van der Waals surface area contributed by atoms with E-state index in [0.29, 0.717) is 11.4 Å². The number of esters is 1. The minimum absolute atomic E-state index is 0.352. The van der Waals surface area contributed by atoms with Gasteiger partial charge < -0.3 is 15.5 Å². The largest absolute Gasteiger partial charge is 0.456 e. The number of anilines is 1. The summed E-state index contributed by atoms with van der Waals surface area (Å²) in [5.41, 5.74) is 7.72. The van der Waals surface area contributed by atoms with Gasteiger partial charge in [-0.3, -0.25) is 0 Å². The van der Waals surface area contributed by atoms with Crippen molar-refractivity contribution in [2.45, 2.75) is 33.3 Å². The predicted octanol–water partition coefficient (Wildman–Crippen LogP) is 3.01. The molecule has 2 rings (SSSR count). The summed E-state index contributed by atoms with van der Waals surface area (Å²) in [4.78, 5) is 15.1. The average molecular weight is 246 g/mol. The van der Waals surface area contributed by atoms with Gasteiger partial charge in [-0.2, -0.15) is 0 Å². The van der Waals surface area contributed by atoms with Crippen LogP contribution in [-0.2, 0) is 4.74 Å². The van der Waals surface area contributed by atoms with Crippen molar-refractivity contribution in [3.05, 3.63) is 29.3 Å². The van der Waals surface area contributed by atoms with Crippen molar-refractivity contribution in [3.63, 3.8) is 0 Å².